The molecule has 2 aromatic carbocycles. The number of carbonyl (C=O) groups is 1. The summed E-state index contributed by atoms with van der Waals surface area (Å²) < 4.78 is 1.27. The SMILES string of the molecule is CSc1ccc(NC(=O)Cn2cnc(-c3ccc(Cl)cc3)cc2=O)cc1. The fourth-order valence-electron chi connectivity index (χ4n) is 2.35. The van der Waals surface area contributed by atoms with Crippen molar-refractivity contribution in [1.29, 1.82) is 0 Å². The molecule has 0 unspecified atom stereocenters. The number of aromatic nitrogens is 2. The van der Waals surface area contributed by atoms with Gasteiger partial charge in [0.1, 0.15) is 6.54 Å². The maximum Gasteiger partial charge on any atom is 0.254 e. The Morgan fingerprint density at radius 3 is 2.46 bits per heavy atom. The van der Waals surface area contributed by atoms with Crippen molar-refractivity contribution in [3.63, 3.8) is 0 Å². The number of carbonyl (C=O) groups excluding carboxylic acids is 1. The zero-order valence-corrected chi connectivity index (χ0v) is 15.6. The van der Waals surface area contributed by atoms with E-state index in [2.05, 4.69) is 10.3 Å². The van der Waals surface area contributed by atoms with Crippen LogP contribution in [0.15, 0.2) is 70.6 Å². The molecule has 3 rings (SSSR count). The van der Waals surface area contributed by atoms with E-state index in [1.165, 1.54) is 17.0 Å². The first-order valence-electron chi connectivity index (χ1n) is 7.81. The average molecular weight is 386 g/mol. The number of nitrogens with one attached hydrogen (secondary N) is 1. The highest BCUT2D eigenvalue weighted by molar-refractivity contribution is 7.98. The molecule has 1 N–H and O–H groups in total. The number of hydrogen-bond donors (Lipinski definition) is 1. The van der Waals surface area contributed by atoms with E-state index in [9.17, 15) is 9.59 Å². The largest absolute Gasteiger partial charge is 0.325 e. The molecule has 0 fully saturated rings. The predicted octanol–water partition coefficient (Wildman–Crippen LogP) is 3.92. The molecule has 3 aromatic rings. The summed E-state index contributed by atoms with van der Waals surface area (Å²) >= 11 is 7.49. The second-order valence-corrected chi connectivity index (χ2v) is 6.84. The molecule has 5 nitrogen and oxygen atoms in total. The minimum absolute atomic E-state index is 0.100. The fourth-order valence-corrected chi connectivity index (χ4v) is 2.89. The molecule has 0 saturated heterocycles. The molecule has 26 heavy (non-hydrogen) atoms. The van der Waals surface area contributed by atoms with E-state index < -0.39 is 0 Å². The summed E-state index contributed by atoms with van der Waals surface area (Å²) in [5.41, 5.74) is 1.72. The summed E-state index contributed by atoms with van der Waals surface area (Å²) in [6.07, 6.45) is 3.36. The van der Waals surface area contributed by atoms with Crippen molar-refractivity contribution in [3.05, 3.63) is 76.3 Å². The van der Waals surface area contributed by atoms with Crippen LogP contribution in [0.5, 0.6) is 0 Å². The van der Waals surface area contributed by atoms with Gasteiger partial charge in [0.05, 0.1) is 12.0 Å². The molecular formula is C19H16ClN3O2S. The van der Waals surface area contributed by atoms with Gasteiger partial charge < -0.3 is 5.32 Å². The van der Waals surface area contributed by atoms with E-state index in [0.29, 0.717) is 16.4 Å². The molecule has 0 saturated carbocycles. The number of benzene rings is 2. The fraction of sp³-hybridized carbons (Fsp3) is 0.105. The quantitative estimate of drug-likeness (QED) is 0.676. The number of halogens is 1. The van der Waals surface area contributed by atoms with Crippen LogP contribution in [0, 0.1) is 0 Å². The molecule has 1 amide bonds. The van der Waals surface area contributed by atoms with Crippen molar-refractivity contribution in [2.24, 2.45) is 0 Å². The van der Waals surface area contributed by atoms with Crippen molar-refractivity contribution in [2.45, 2.75) is 11.4 Å². The van der Waals surface area contributed by atoms with Crippen LogP contribution in [0.2, 0.25) is 5.02 Å². The average Bonchev–Trinajstić information content (AvgIpc) is 2.64. The smallest absolute Gasteiger partial charge is 0.254 e. The zero-order valence-electron chi connectivity index (χ0n) is 14.0. The number of anilines is 1. The number of thioether (sulfide) groups is 1. The minimum atomic E-state index is -0.294. The van der Waals surface area contributed by atoms with Crippen molar-refractivity contribution in [2.75, 3.05) is 11.6 Å². The Bertz CT molecular complexity index is 969. The van der Waals surface area contributed by atoms with Crippen molar-refractivity contribution >= 4 is 35.0 Å². The third-order valence-corrected chi connectivity index (χ3v) is 4.70. The van der Waals surface area contributed by atoms with Crippen LogP contribution in [0.3, 0.4) is 0 Å². The molecule has 7 heteroatoms. The highest BCUT2D eigenvalue weighted by Gasteiger charge is 2.08. The van der Waals surface area contributed by atoms with E-state index in [-0.39, 0.29) is 18.0 Å². The van der Waals surface area contributed by atoms with Gasteiger partial charge in [-0.2, -0.15) is 0 Å². The highest BCUT2D eigenvalue weighted by atomic mass is 35.5. The van der Waals surface area contributed by atoms with Crippen LogP contribution in [-0.2, 0) is 11.3 Å². The maximum atomic E-state index is 12.3. The Morgan fingerprint density at radius 1 is 1.15 bits per heavy atom. The number of nitrogens with zero attached hydrogens (tertiary/aromatic N) is 2. The molecular weight excluding hydrogens is 370 g/mol. The maximum absolute atomic E-state index is 12.3. The molecule has 0 aliphatic heterocycles. The topological polar surface area (TPSA) is 64.0 Å². The van der Waals surface area contributed by atoms with E-state index in [1.807, 2.05) is 30.5 Å². The van der Waals surface area contributed by atoms with E-state index in [1.54, 1.807) is 36.0 Å². The summed E-state index contributed by atoms with van der Waals surface area (Å²) in [6.45, 7) is -0.100. The molecule has 0 spiro atoms. The summed E-state index contributed by atoms with van der Waals surface area (Å²) in [5.74, 6) is -0.287. The third kappa shape index (κ3) is 4.53. The zero-order chi connectivity index (χ0) is 18.5. The second kappa shape index (κ2) is 8.21. The molecule has 0 radical (unpaired) electrons. The van der Waals surface area contributed by atoms with Crippen LogP contribution >= 0.6 is 23.4 Å². The lowest BCUT2D eigenvalue weighted by atomic mass is 10.1. The normalized spacial score (nSPS) is 10.5. The van der Waals surface area contributed by atoms with E-state index in [0.717, 1.165) is 10.5 Å². The van der Waals surface area contributed by atoms with Crippen molar-refractivity contribution < 1.29 is 4.79 Å². The minimum Gasteiger partial charge on any atom is -0.325 e. The number of hydrogen-bond acceptors (Lipinski definition) is 4. The van der Waals surface area contributed by atoms with Gasteiger partial charge in [-0.3, -0.25) is 14.2 Å². The Hall–Kier alpha value is -2.57. The molecule has 1 aromatic heterocycles. The Balaban J connectivity index is 1.70. The van der Waals surface area contributed by atoms with Crippen LogP contribution in [0.1, 0.15) is 0 Å². The van der Waals surface area contributed by atoms with Crippen LogP contribution in [0.4, 0.5) is 5.69 Å². The molecule has 0 aliphatic rings. The van der Waals surface area contributed by atoms with Crippen LogP contribution < -0.4 is 10.9 Å². The number of amides is 1. The van der Waals surface area contributed by atoms with Gasteiger partial charge >= 0.3 is 0 Å². The lowest BCUT2D eigenvalue weighted by Crippen LogP contribution is -2.27. The van der Waals surface area contributed by atoms with E-state index >= 15 is 0 Å². The van der Waals surface area contributed by atoms with Gasteiger partial charge in [-0.25, -0.2) is 4.98 Å². The first-order chi connectivity index (χ1) is 12.5. The van der Waals surface area contributed by atoms with Gasteiger partial charge in [-0.15, -0.1) is 11.8 Å². The summed E-state index contributed by atoms with van der Waals surface area (Å²) in [7, 11) is 0. The van der Waals surface area contributed by atoms with Gasteiger partial charge in [0.2, 0.25) is 5.91 Å². The van der Waals surface area contributed by atoms with Gasteiger partial charge in [0.15, 0.2) is 0 Å². The lowest BCUT2D eigenvalue weighted by Gasteiger charge is -2.08. The number of rotatable bonds is 5. The summed E-state index contributed by atoms with van der Waals surface area (Å²) in [6, 6.07) is 16.0. The molecule has 0 bridgehead atoms. The summed E-state index contributed by atoms with van der Waals surface area (Å²) in [4.78, 5) is 29.8. The third-order valence-electron chi connectivity index (χ3n) is 3.71. The van der Waals surface area contributed by atoms with Gasteiger partial charge in [0.25, 0.3) is 5.56 Å². The van der Waals surface area contributed by atoms with E-state index in [4.69, 9.17) is 11.6 Å². The molecule has 0 atom stereocenters. The first kappa shape index (κ1) is 18.2. The molecule has 1 heterocycles. The Morgan fingerprint density at radius 2 is 1.85 bits per heavy atom. The van der Waals surface area contributed by atoms with Gasteiger partial charge in [-0.05, 0) is 42.7 Å². The van der Waals surface area contributed by atoms with Crippen LogP contribution in [-0.4, -0.2) is 21.7 Å². The lowest BCUT2D eigenvalue weighted by molar-refractivity contribution is -0.116. The highest BCUT2D eigenvalue weighted by Crippen LogP contribution is 2.18. The van der Waals surface area contributed by atoms with Gasteiger partial charge in [-0.1, -0.05) is 23.7 Å². The van der Waals surface area contributed by atoms with Crippen molar-refractivity contribution in [3.8, 4) is 11.3 Å². The Labute approximate surface area is 160 Å². The first-order valence-corrected chi connectivity index (χ1v) is 9.42. The van der Waals surface area contributed by atoms with Crippen molar-refractivity contribution in [1.82, 2.24) is 9.55 Å². The summed E-state index contributed by atoms with van der Waals surface area (Å²) in [5, 5.41) is 3.39. The van der Waals surface area contributed by atoms with Crippen LogP contribution in [0.25, 0.3) is 11.3 Å². The van der Waals surface area contributed by atoms with Gasteiger partial charge in [0, 0.05) is 27.2 Å². The molecule has 132 valence electrons. The predicted molar refractivity (Wildman–Crippen MR) is 106 cm³/mol. The monoisotopic (exact) mass is 385 g/mol. The standard InChI is InChI=1S/C19H16ClN3O2S/c1-26-16-8-6-15(7-9-16)22-18(24)11-23-12-21-17(10-19(23)25)13-2-4-14(20)5-3-13/h2-10,12H,11H2,1H3,(H,22,24). The second-order valence-electron chi connectivity index (χ2n) is 5.52. The molecule has 0 aliphatic carbocycles. The Kier molecular flexibility index (Phi) is 5.75.